The van der Waals surface area contributed by atoms with Crippen molar-refractivity contribution >= 4 is 16.6 Å². The predicted octanol–water partition coefficient (Wildman–Crippen LogP) is 3.11. The fourth-order valence-corrected chi connectivity index (χ4v) is 2.94. The maximum Gasteiger partial charge on any atom is 0.0854 e. The monoisotopic (exact) mass is 268 g/mol. The van der Waals surface area contributed by atoms with E-state index in [2.05, 4.69) is 28.1 Å². The third-order valence-electron chi connectivity index (χ3n) is 4.36. The smallest absolute Gasteiger partial charge is 0.0854 e. The van der Waals surface area contributed by atoms with Crippen LogP contribution in [0.25, 0.3) is 10.9 Å². The van der Waals surface area contributed by atoms with E-state index in [1.165, 1.54) is 43.3 Å². The Hall–Kier alpha value is -1.61. The molecule has 0 amide bonds. The van der Waals surface area contributed by atoms with Gasteiger partial charge in [0.1, 0.15) is 0 Å². The summed E-state index contributed by atoms with van der Waals surface area (Å²) in [6.45, 7) is 1.18. The molecule has 104 valence electrons. The molecule has 20 heavy (non-hydrogen) atoms. The molecule has 0 bridgehead atoms. The number of fused-ring (bicyclic) bond motifs is 1. The molecule has 0 saturated heterocycles. The molecule has 2 saturated carbocycles. The highest BCUT2D eigenvalue weighted by Gasteiger charge is 2.34. The van der Waals surface area contributed by atoms with Crippen molar-refractivity contribution in [2.24, 2.45) is 5.92 Å². The number of para-hydroxylation sites is 1. The molecule has 1 aromatic heterocycles. The van der Waals surface area contributed by atoms with Crippen molar-refractivity contribution in [3.63, 3.8) is 0 Å². The highest BCUT2D eigenvalue weighted by Crippen LogP contribution is 2.40. The lowest BCUT2D eigenvalue weighted by Gasteiger charge is -2.26. The Kier molecular flexibility index (Phi) is 2.88. The molecule has 0 atom stereocenters. The summed E-state index contributed by atoms with van der Waals surface area (Å²) in [5, 5.41) is 10.7. The zero-order valence-corrected chi connectivity index (χ0v) is 11.6. The topological polar surface area (TPSA) is 36.4 Å². The molecule has 0 radical (unpaired) electrons. The highest BCUT2D eigenvalue weighted by molar-refractivity contribution is 5.92. The van der Waals surface area contributed by atoms with Gasteiger partial charge in [-0.25, -0.2) is 0 Å². The van der Waals surface area contributed by atoms with Gasteiger partial charge in [0.05, 0.1) is 17.8 Å². The van der Waals surface area contributed by atoms with Crippen LogP contribution in [0.5, 0.6) is 0 Å². The Labute approximate surface area is 119 Å². The third-order valence-corrected chi connectivity index (χ3v) is 4.36. The normalized spacial score (nSPS) is 18.4. The average molecular weight is 268 g/mol. The second-order valence-electron chi connectivity index (χ2n) is 6.13. The van der Waals surface area contributed by atoms with Crippen LogP contribution in [0.4, 0.5) is 5.69 Å². The summed E-state index contributed by atoms with van der Waals surface area (Å²) >= 11 is 0. The number of benzene rings is 1. The van der Waals surface area contributed by atoms with E-state index in [1.54, 1.807) is 0 Å². The van der Waals surface area contributed by atoms with Gasteiger partial charge in [-0.05, 0) is 43.7 Å². The van der Waals surface area contributed by atoms with Gasteiger partial charge in [-0.2, -0.15) is 0 Å². The van der Waals surface area contributed by atoms with Crippen LogP contribution in [0.3, 0.4) is 0 Å². The van der Waals surface area contributed by atoms with E-state index in [0.29, 0.717) is 6.04 Å². The molecule has 2 aliphatic rings. The van der Waals surface area contributed by atoms with Gasteiger partial charge >= 0.3 is 0 Å². The zero-order chi connectivity index (χ0) is 13.5. The van der Waals surface area contributed by atoms with Crippen LogP contribution in [-0.2, 0) is 6.61 Å². The van der Waals surface area contributed by atoms with Gasteiger partial charge in [0.15, 0.2) is 0 Å². The summed E-state index contributed by atoms with van der Waals surface area (Å²) in [5.41, 5.74) is 3.05. The molecule has 1 N–H and O–H groups in total. The van der Waals surface area contributed by atoms with E-state index in [1.807, 2.05) is 12.1 Å². The molecule has 0 unspecified atom stereocenters. The Morgan fingerprint density at radius 3 is 2.65 bits per heavy atom. The Morgan fingerprint density at radius 1 is 1.15 bits per heavy atom. The van der Waals surface area contributed by atoms with Crippen LogP contribution in [0, 0.1) is 5.92 Å². The largest absolute Gasteiger partial charge is 0.390 e. The van der Waals surface area contributed by atoms with E-state index in [0.717, 1.165) is 17.1 Å². The van der Waals surface area contributed by atoms with Gasteiger partial charge in [0.25, 0.3) is 0 Å². The van der Waals surface area contributed by atoms with Crippen molar-refractivity contribution in [3.05, 3.63) is 36.0 Å². The Morgan fingerprint density at radius 2 is 1.95 bits per heavy atom. The lowest BCUT2D eigenvalue weighted by atomic mass is 10.1. The second kappa shape index (κ2) is 4.74. The lowest BCUT2D eigenvalue weighted by Crippen LogP contribution is -2.28. The van der Waals surface area contributed by atoms with Crippen molar-refractivity contribution in [3.8, 4) is 0 Å². The average Bonchev–Trinajstić information content (AvgIpc) is 3.37. The van der Waals surface area contributed by atoms with Crippen molar-refractivity contribution in [2.75, 3.05) is 11.4 Å². The number of aliphatic hydroxyl groups is 1. The fraction of sp³-hybridized carbons (Fsp3) is 0.471. The first-order valence-corrected chi connectivity index (χ1v) is 7.61. The van der Waals surface area contributed by atoms with Crippen molar-refractivity contribution < 1.29 is 5.11 Å². The van der Waals surface area contributed by atoms with Gasteiger partial charge in [0.2, 0.25) is 0 Å². The number of pyridine rings is 1. The minimum Gasteiger partial charge on any atom is -0.390 e. The van der Waals surface area contributed by atoms with Gasteiger partial charge in [0, 0.05) is 23.7 Å². The number of hydrogen-bond acceptors (Lipinski definition) is 3. The van der Waals surface area contributed by atoms with E-state index in [-0.39, 0.29) is 6.61 Å². The summed E-state index contributed by atoms with van der Waals surface area (Å²) in [6.07, 6.45) is 5.36. The highest BCUT2D eigenvalue weighted by atomic mass is 16.3. The molecule has 4 rings (SSSR count). The fourth-order valence-electron chi connectivity index (χ4n) is 2.94. The molecule has 2 fully saturated rings. The van der Waals surface area contributed by atoms with E-state index >= 15 is 0 Å². The SMILES string of the molecule is OCc1cc(N(CC2CC2)C2CC2)c2ccccc2n1. The van der Waals surface area contributed by atoms with Crippen molar-refractivity contribution in [2.45, 2.75) is 38.3 Å². The Balaban J connectivity index is 1.82. The van der Waals surface area contributed by atoms with E-state index < -0.39 is 0 Å². The van der Waals surface area contributed by atoms with Crippen LogP contribution in [0.2, 0.25) is 0 Å². The quantitative estimate of drug-likeness (QED) is 0.905. The molecule has 1 heterocycles. The van der Waals surface area contributed by atoms with Gasteiger partial charge in [-0.3, -0.25) is 4.98 Å². The standard InChI is InChI=1S/C17H20N2O/c20-11-13-9-17(15-3-1-2-4-16(15)18-13)19(14-7-8-14)10-12-5-6-12/h1-4,9,12,14,20H,5-8,10-11H2. The number of anilines is 1. The van der Waals surface area contributed by atoms with Gasteiger partial charge < -0.3 is 10.0 Å². The summed E-state index contributed by atoms with van der Waals surface area (Å²) in [5.74, 6) is 0.875. The summed E-state index contributed by atoms with van der Waals surface area (Å²) in [6, 6.07) is 11.1. The first-order chi connectivity index (χ1) is 9.85. The van der Waals surface area contributed by atoms with Crippen LogP contribution in [0.1, 0.15) is 31.4 Å². The van der Waals surface area contributed by atoms with E-state index in [9.17, 15) is 5.11 Å². The van der Waals surface area contributed by atoms with Crippen LogP contribution in [0.15, 0.2) is 30.3 Å². The molecular weight excluding hydrogens is 248 g/mol. The van der Waals surface area contributed by atoms with Crippen LogP contribution < -0.4 is 4.90 Å². The maximum atomic E-state index is 9.47. The van der Waals surface area contributed by atoms with E-state index in [4.69, 9.17) is 0 Å². The number of aromatic nitrogens is 1. The maximum absolute atomic E-state index is 9.47. The van der Waals surface area contributed by atoms with Crippen LogP contribution in [-0.4, -0.2) is 22.7 Å². The Bertz CT molecular complexity index is 632. The van der Waals surface area contributed by atoms with Gasteiger partial charge in [-0.1, -0.05) is 18.2 Å². The molecule has 3 nitrogen and oxygen atoms in total. The number of rotatable bonds is 5. The number of nitrogens with zero attached hydrogens (tertiary/aromatic N) is 2. The van der Waals surface area contributed by atoms with Crippen LogP contribution >= 0.6 is 0 Å². The van der Waals surface area contributed by atoms with Crippen molar-refractivity contribution in [1.82, 2.24) is 4.98 Å². The lowest BCUT2D eigenvalue weighted by molar-refractivity contribution is 0.277. The molecule has 1 aromatic carbocycles. The van der Waals surface area contributed by atoms with Gasteiger partial charge in [-0.15, -0.1) is 0 Å². The zero-order valence-electron chi connectivity index (χ0n) is 11.6. The molecule has 3 heteroatoms. The molecule has 0 spiro atoms. The molecule has 2 aromatic rings. The minimum atomic E-state index is 0.0137. The molecule has 0 aliphatic heterocycles. The summed E-state index contributed by atoms with van der Waals surface area (Å²) < 4.78 is 0. The first kappa shape index (κ1) is 12.2. The second-order valence-corrected chi connectivity index (χ2v) is 6.13. The molecule has 2 aliphatic carbocycles. The summed E-state index contributed by atoms with van der Waals surface area (Å²) in [4.78, 5) is 7.10. The predicted molar refractivity (Wildman–Crippen MR) is 80.8 cm³/mol. The number of hydrogen-bond donors (Lipinski definition) is 1. The number of aliphatic hydroxyl groups excluding tert-OH is 1. The van der Waals surface area contributed by atoms with Crippen molar-refractivity contribution in [1.29, 1.82) is 0 Å². The molecular formula is C17H20N2O. The summed E-state index contributed by atoms with van der Waals surface area (Å²) in [7, 11) is 0. The first-order valence-electron chi connectivity index (χ1n) is 7.61. The minimum absolute atomic E-state index is 0.0137. The third kappa shape index (κ3) is 2.27.